The Labute approximate surface area is 148 Å². The Kier molecular flexibility index (Phi) is 8.15. The highest BCUT2D eigenvalue weighted by atomic mass is 14.4. The van der Waals surface area contributed by atoms with Crippen LogP contribution in [0.25, 0.3) is 0 Å². The summed E-state index contributed by atoms with van der Waals surface area (Å²) >= 11 is 0. The summed E-state index contributed by atoms with van der Waals surface area (Å²) in [6.07, 6.45) is 8.73. The largest absolute Gasteiger partial charge is 0.0628 e. The molecule has 138 valence electrons. The van der Waals surface area contributed by atoms with E-state index in [4.69, 9.17) is 0 Å². The predicted molar refractivity (Wildman–Crippen MR) is 106 cm³/mol. The quantitative estimate of drug-likeness (QED) is 0.406. The van der Waals surface area contributed by atoms with Crippen molar-refractivity contribution >= 4 is 0 Å². The van der Waals surface area contributed by atoms with Gasteiger partial charge in [0, 0.05) is 0 Å². The normalized spacial score (nSPS) is 27.4. The standard InChI is InChI=1S/C23H46/c1-16(2)14-17(3)15-19(5)18(4)10-11-21-12-13-22(21)20(6)23(7,8)9/h16-22H,10-15H2,1-9H3. The van der Waals surface area contributed by atoms with Crippen molar-refractivity contribution in [1.29, 1.82) is 0 Å². The molecule has 0 spiro atoms. The average Bonchev–Trinajstić information content (AvgIpc) is 2.34. The minimum Gasteiger partial charge on any atom is -0.0628 e. The van der Waals surface area contributed by atoms with Crippen molar-refractivity contribution in [2.45, 2.75) is 101 Å². The van der Waals surface area contributed by atoms with E-state index >= 15 is 0 Å². The monoisotopic (exact) mass is 322 g/mol. The highest BCUT2D eigenvalue weighted by molar-refractivity contribution is 4.89. The van der Waals surface area contributed by atoms with Crippen LogP contribution in [0.2, 0.25) is 0 Å². The zero-order valence-electron chi connectivity index (χ0n) is 17.8. The van der Waals surface area contributed by atoms with Crippen LogP contribution < -0.4 is 0 Å². The van der Waals surface area contributed by atoms with Crippen LogP contribution in [0.5, 0.6) is 0 Å². The smallest absolute Gasteiger partial charge is 0.0354 e. The molecule has 0 aliphatic heterocycles. The van der Waals surface area contributed by atoms with E-state index in [-0.39, 0.29) is 0 Å². The van der Waals surface area contributed by atoms with Gasteiger partial charge in [0.15, 0.2) is 0 Å². The number of hydrogen-bond acceptors (Lipinski definition) is 0. The van der Waals surface area contributed by atoms with Gasteiger partial charge in [0.05, 0.1) is 0 Å². The summed E-state index contributed by atoms with van der Waals surface area (Å²) in [6, 6.07) is 0. The third kappa shape index (κ3) is 6.79. The maximum absolute atomic E-state index is 2.51. The fourth-order valence-corrected chi connectivity index (χ4v) is 4.78. The van der Waals surface area contributed by atoms with E-state index in [9.17, 15) is 0 Å². The minimum absolute atomic E-state index is 0.481. The van der Waals surface area contributed by atoms with Crippen LogP contribution in [0, 0.1) is 46.8 Å². The Bertz CT molecular complexity index is 321. The topological polar surface area (TPSA) is 0 Å². The lowest BCUT2D eigenvalue weighted by Gasteiger charge is -2.46. The van der Waals surface area contributed by atoms with E-state index in [2.05, 4.69) is 62.3 Å². The van der Waals surface area contributed by atoms with E-state index in [1.165, 1.54) is 38.5 Å². The van der Waals surface area contributed by atoms with Gasteiger partial charge < -0.3 is 0 Å². The van der Waals surface area contributed by atoms with Gasteiger partial charge in [-0.1, -0.05) is 68.7 Å². The van der Waals surface area contributed by atoms with Gasteiger partial charge in [-0.3, -0.25) is 0 Å². The Morgan fingerprint density at radius 2 is 1.43 bits per heavy atom. The molecule has 1 saturated carbocycles. The molecule has 0 amide bonds. The lowest BCUT2D eigenvalue weighted by Crippen LogP contribution is -2.37. The molecule has 0 heteroatoms. The SMILES string of the molecule is CC(C)CC(C)CC(C)C(C)CCC1CCC1C(C)C(C)(C)C. The lowest BCUT2D eigenvalue weighted by atomic mass is 9.59. The molecule has 0 heterocycles. The highest BCUT2D eigenvalue weighted by Gasteiger charge is 2.39. The first-order valence-corrected chi connectivity index (χ1v) is 10.5. The Hall–Kier alpha value is 0. The third-order valence-electron chi connectivity index (χ3n) is 7.10. The second kappa shape index (κ2) is 8.91. The van der Waals surface area contributed by atoms with Crippen molar-refractivity contribution < 1.29 is 0 Å². The first-order valence-electron chi connectivity index (χ1n) is 10.5. The molecule has 1 aliphatic rings. The van der Waals surface area contributed by atoms with Gasteiger partial charge in [-0.2, -0.15) is 0 Å². The fourth-order valence-electron chi connectivity index (χ4n) is 4.78. The molecule has 0 bridgehead atoms. The second-order valence-corrected chi connectivity index (χ2v) is 10.7. The number of hydrogen-bond donors (Lipinski definition) is 0. The van der Waals surface area contributed by atoms with Gasteiger partial charge >= 0.3 is 0 Å². The molecule has 0 aromatic heterocycles. The van der Waals surface area contributed by atoms with Crippen LogP contribution in [0.4, 0.5) is 0 Å². The van der Waals surface area contributed by atoms with Crippen molar-refractivity contribution in [2.24, 2.45) is 46.8 Å². The van der Waals surface area contributed by atoms with E-state index in [1.807, 2.05) is 0 Å². The summed E-state index contributed by atoms with van der Waals surface area (Å²) in [7, 11) is 0. The van der Waals surface area contributed by atoms with Crippen LogP contribution in [-0.4, -0.2) is 0 Å². The zero-order chi connectivity index (χ0) is 17.8. The minimum atomic E-state index is 0.481. The molecular weight excluding hydrogens is 276 g/mol. The first-order chi connectivity index (χ1) is 10.5. The lowest BCUT2D eigenvalue weighted by molar-refractivity contribution is 0.0375. The molecule has 6 atom stereocenters. The van der Waals surface area contributed by atoms with Gasteiger partial charge in [0.25, 0.3) is 0 Å². The summed E-state index contributed by atoms with van der Waals surface area (Å²) in [5.41, 5.74) is 0.481. The summed E-state index contributed by atoms with van der Waals surface area (Å²) in [6.45, 7) is 21.9. The van der Waals surface area contributed by atoms with E-state index < -0.39 is 0 Å². The summed E-state index contributed by atoms with van der Waals surface area (Å²) in [5, 5.41) is 0. The molecule has 0 N–H and O–H groups in total. The highest BCUT2D eigenvalue weighted by Crippen LogP contribution is 2.48. The molecule has 0 nitrogen and oxygen atoms in total. The molecule has 1 aliphatic carbocycles. The molecule has 0 aromatic rings. The maximum atomic E-state index is 2.51. The van der Waals surface area contributed by atoms with E-state index in [1.54, 1.807) is 0 Å². The van der Waals surface area contributed by atoms with Crippen molar-refractivity contribution in [3.8, 4) is 0 Å². The maximum Gasteiger partial charge on any atom is -0.0354 e. The van der Waals surface area contributed by atoms with Crippen LogP contribution >= 0.6 is 0 Å². The Balaban J connectivity index is 2.34. The van der Waals surface area contributed by atoms with Crippen LogP contribution in [-0.2, 0) is 0 Å². The average molecular weight is 323 g/mol. The second-order valence-electron chi connectivity index (χ2n) is 10.7. The molecule has 1 fully saturated rings. The van der Waals surface area contributed by atoms with Gasteiger partial charge in [-0.25, -0.2) is 0 Å². The van der Waals surface area contributed by atoms with Crippen molar-refractivity contribution in [2.75, 3.05) is 0 Å². The van der Waals surface area contributed by atoms with Crippen LogP contribution in [0.1, 0.15) is 101 Å². The first kappa shape index (κ1) is 21.0. The van der Waals surface area contributed by atoms with Crippen molar-refractivity contribution in [3.63, 3.8) is 0 Å². The molecule has 23 heavy (non-hydrogen) atoms. The van der Waals surface area contributed by atoms with Crippen LogP contribution in [0.15, 0.2) is 0 Å². The Morgan fingerprint density at radius 3 is 1.87 bits per heavy atom. The van der Waals surface area contributed by atoms with Gasteiger partial charge in [-0.05, 0) is 78.9 Å². The molecule has 0 aromatic carbocycles. The van der Waals surface area contributed by atoms with Gasteiger partial charge in [-0.15, -0.1) is 0 Å². The van der Waals surface area contributed by atoms with Crippen molar-refractivity contribution in [1.82, 2.24) is 0 Å². The van der Waals surface area contributed by atoms with Gasteiger partial charge in [0.1, 0.15) is 0 Å². The fraction of sp³-hybridized carbons (Fsp3) is 1.00. The number of rotatable bonds is 9. The summed E-state index contributed by atoms with van der Waals surface area (Å²) < 4.78 is 0. The van der Waals surface area contributed by atoms with Crippen molar-refractivity contribution in [3.05, 3.63) is 0 Å². The van der Waals surface area contributed by atoms with Crippen LogP contribution in [0.3, 0.4) is 0 Å². The van der Waals surface area contributed by atoms with E-state index in [0.717, 1.165) is 41.4 Å². The molecule has 1 rings (SSSR count). The van der Waals surface area contributed by atoms with E-state index in [0.29, 0.717) is 5.41 Å². The molecule has 0 radical (unpaired) electrons. The molecular formula is C23H46. The van der Waals surface area contributed by atoms with Gasteiger partial charge in [0.2, 0.25) is 0 Å². The third-order valence-corrected chi connectivity index (χ3v) is 7.10. The predicted octanol–water partition coefficient (Wildman–Crippen LogP) is 7.82. The molecule has 0 saturated heterocycles. The molecule has 6 unspecified atom stereocenters. The summed E-state index contributed by atoms with van der Waals surface area (Å²) in [4.78, 5) is 0. The zero-order valence-corrected chi connectivity index (χ0v) is 17.8. The Morgan fingerprint density at radius 1 is 0.826 bits per heavy atom. The summed E-state index contributed by atoms with van der Waals surface area (Å²) in [5.74, 6) is 6.43.